The number of amides is 1. The SMILES string of the molecule is CN=C(NCCCOCC1CCOC1)NCCNC(=O)CC1CCCC1.I. The second-order valence-corrected chi connectivity index (χ2v) is 7.29. The zero-order valence-corrected chi connectivity index (χ0v) is 19.0. The molecule has 1 aliphatic heterocycles. The fourth-order valence-electron chi connectivity index (χ4n) is 3.50. The van der Waals surface area contributed by atoms with E-state index in [4.69, 9.17) is 9.47 Å². The monoisotopic (exact) mass is 496 g/mol. The Morgan fingerprint density at radius 2 is 1.81 bits per heavy atom. The van der Waals surface area contributed by atoms with Crippen molar-refractivity contribution in [2.45, 2.75) is 44.9 Å². The molecular formula is C19H37IN4O3. The van der Waals surface area contributed by atoms with Crippen LogP contribution in [0.4, 0.5) is 0 Å². The number of rotatable bonds is 11. The van der Waals surface area contributed by atoms with Crippen molar-refractivity contribution in [1.82, 2.24) is 16.0 Å². The molecule has 1 saturated carbocycles. The first-order valence-electron chi connectivity index (χ1n) is 10.1. The number of nitrogens with one attached hydrogen (secondary N) is 3. The number of ether oxygens (including phenoxy) is 2. The van der Waals surface area contributed by atoms with E-state index < -0.39 is 0 Å². The van der Waals surface area contributed by atoms with Gasteiger partial charge in [0.15, 0.2) is 5.96 Å². The molecule has 1 atom stereocenters. The number of aliphatic imine (C=N–C) groups is 1. The average molecular weight is 496 g/mol. The summed E-state index contributed by atoms with van der Waals surface area (Å²) >= 11 is 0. The topological polar surface area (TPSA) is 84.0 Å². The first-order chi connectivity index (χ1) is 12.8. The molecule has 1 aliphatic carbocycles. The fraction of sp³-hybridized carbons (Fsp3) is 0.895. The number of hydrogen-bond acceptors (Lipinski definition) is 4. The lowest BCUT2D eigenvalue weighted by Gasteiger charge is -2.13. The molecule has 3 N–H and O–H groups in total. The molecule has 8 heteroatoms. The molecule has 1 saturated heterocycles. The summed E-state index contributed by atoms with van der Waals surface area (Å²) in [7, 11) is 1.75. The molecule has 0 spiro atoms. The van der Waals surface area contributed by atoms with E-state index in [1.807, 2.05) is 0 Å². The van der Waals surface area contributed by atoms with E-state index in [1.165, 1.54) is 25.7 Å². The number of carbonyl (C=O) groups excluding carboxylic acids is 1. The van der Waals surface area contributed by atoms with Gasteiger partial charge in [0, 0.05) is 52.2 Å². The molecule has 0 aromatic heterocycles. The van der Waals surface area contributed by atoms with Crippen molar-refractivity contribution in [3.8, 4) is 0 Å². The third-order valence-corrected chi connectivity index (χ3v) is 5.05. The Morgan fingerprint density at radius 1 is 1.07 bits per heavy atom. The van der Waals surface area contributed by atoms with E-state index in [1.54, 1.807) is 7.05 Å². The predicted octanol–water partition coefficient (Wildman–Crippen LogP) is 1.91. The molecule has 2 aliphatic rings. The average Bonchev–Trinajstić information content (AvgIpc) is 3.33. The van der Waals surface area contributed by atoms with Crippen LogP contribution >= 0.6 is 24.0 Å². The quantitative estimate of drug-likeness (QED) is 0.176. The lowest BCUT2D eigenvalue weighted by molar-refractivity contribution is -0.121. The van der Waals surface area contributed by atoms with Gasteiger partial charge >= 0.3 is 0 Å². The molecule has 0 bridgehead atoms. The molecular weight excluding hydrogens is 459 g/mol. The fourth-order valence-corrected chi connectivity index (χ4v) is 3.50. The molecule has 2 fully saturated rings. The van der Waals surface area contributed by atoms with Gasteiger partial charge in [-0.15, -0.1) is 24.0 Å². The van der Waals surface area contributed by atoms with E-state index in [-0.39, 0.29) is 29.9 Å². The second kappa shape index (κ2) is 15.3. The Kier molecular flexibility index (Phi) is 13.9. The van der Waals surface area contributed by atoms with E-state index in [2.05, 4.69) is 20.9 Å². The number of hydrogen-bond donors (Lipinski definition) is 3. The molecule has 0 aromatic rings. The summed E-state index contributed by atoms with van der Waals surface area (Å²) in [5.41, 5.74) is 0. The summed E-state index contributed by atoms with van der Waals surface area (Å²) in [5, 5.41) is 9.47. The van der Waals surface area contributed by atoms with Gasteiger partial charge in [-0.3, -0.25) is 9.79 Å². The predicted molar refractivity (Wildman–Crippen MR) is 119 cm³/mol. The van der Waals surface area contributed by atoms with E-state index in [0.29, 0.717) is 31.3 Å². The van der Waals surface area contributed by atoms with Crippen LogP contribution in [0.3, 0.4) is 0 Å². The van der Waals surface area contributed by atoms with Crippen LogP contribution in [-0.2, 0) is 14.3 Å². The van der Waals surface area contributed by atoms with Crippen molar-refractivity contribution in [3.05, 3.63) is 0 Å². The minimum Gasteiger partial charge on any atom is -0.381 e. The van der Waals surface area contributed by atoms with Crippen molar-refractivity contribution in [3.63, 3.8) is 0 Å². The van der Waals surface area contributed by atoms with Crippen LogP contribution in [0.25, 0.3) is 0 Å². The van der Waals surface area contributed by atoms with Crippen molar-refractivity contribution in [2.75, 3.05) is 53.1 Å². The lowest BCUT2D eigenvalue weighted by atomic mass is 10.0. The molecule has 1 amide bonds. The summed E-state index contributed by atoms with van der Waals surface area (Å²) in [6.07, 6.45) is 7.71. The van der Waals surface area contributed by atoms with Gasteiger partial charge in [-0.05, 0) is 31.6 Å². The van der Waals surface area contributed by atoms with Crippen molar-refractivity contribution in [1.29, 1.82) is 0 Å². The zero-order chi connectivity index (χ0) is 18.5. The normalized spacial score (nSPS) is 20.3. The third-order valence-electron chi connectivity index (χ3n) is 5.05. The smallest absolute Gasteiger partial charge is 0.220 e. The standard InChI is InChI=1S/C19H36N4O3.HI/c1-20-19(22-8-4-11-25-14-17-7-12-26-15-17)23-10-9-21-18(24)13-16-5-2-3-6-16;/h16-17H,2-15H2,1H3,(H,21,24)(H2,20,22,23);1H. The Labute approximate surface area is 180 Å². The molecule has 1 heterocycles. The van der Waals surface area contributed by atoms with Gasteiger partial charge in [0.1, 0.15) is 0 Å². The van der Waals surface area contributed by atoms with E-state index >= 15 is 0 Å². The van der Waals surface area contributed by atoms with Crippen LogP contribution in [0.15, 0.2) is 4.99 Å². The Hall–Kier alpha value is -0.610. The number of nitrogens with zero attached hydrogens (tertiary/aromatic N) is 1. The summed E-state index contributed by atoms with van der Waals surface area (Å²) in [6, 6.07) is 0. The molecule has 1 unspecified atom stereocenters. The summed E-state index contributed by atoms with van der Waals surface area (Å²) in [6.45, 7) is 5.37. The highest BCUT2D eigenvalue weighted by molar-refractivity contribution is 14.0. The first-order valence-corrected chi connectivity index (χ1v) is 10.1. The van der Waals surface area contributed by atoms with E-state index in [0.717, 1.165) is 51.8 Å². The molecule has 0 aromatic carbocycles. The highest BCUT2D eigenvalue weighted by Crippen LogP contribution is 2.27. The van der Waals surface area contributed by atoms with Crippen LogP contribution in [-0.4, -0.2) is 65.0 Å². The zero-order valence-electron chi connectivity index (χ0n) is 16.6. The first kappa shape index (κ1) is 24.4. The minimum atomic E-state index is 0. The summed E-state index contributed by atoms with van der Waals surface area (Å²) in [4.78, 5) is 16.1. The van der Waals surface area contributed by atoms with Gasteiger partial charge in [0.2, 0.25) is 5.91 Å². The van der Waals surface area contributed by atoms with Gasteiger partial charge in [0.25, 0.3) is 0 Å². The van der Waals surface area contributed by atoms with Crippen LogP contribution in [0.2, 0.25) is 0 Å². The maximum atomic E-state index is 11.9. The van der Waals surface area contributed by atoms with Gasteiger partial charge in [-0.1, -0.05) is 12.8 Å². The summed E-state index contributed by atoms with van der Waals surface area (Å²) in [5.74, 6) is 2.10. The van der Waals surface area contributed by atoms with Crippen molar-refractivity contribution >= 4 is 35.8 Å². The number of carbonyl (C=O) groups is 1. The molecule has 0 radical (unpaired) electrons. The Balaban J connectivity index is 0.00000364. The largest absolute Gasteiger partial charge is 0.381 e. The van der Waals surface area contributed by atoms with Crippen molar-refractivity contribution < 1.29 is 14.3 Å². The minimum absolute atomic E-state index is 0. The maximum absolute atomic E-state index is 11.9. The molecule has 27 heavy (non-hydrogen) atoms. The number of halogens is 1. The van der Waals surface area contributed by atoms with Crippen LogP contribution in [0.1, 0.15) is 44.9 Å². The van der Waals surface area contributed by atoms with Gasteiger partial charge in [-0.25, -0.2) is 0 Å². The van der Waals surface area contributed by atoms with Gasteiger partial charge in [-0.2, -0.15) is 0 Å². The molecule has 158 valence electrons. The highest BCUT2D eigenvalue weighted by Gasteiger charge is 2.18. The third kappa shape index (κ3) is 11.1. The van der Waals surface area contributed by atoms with Crippen LogP contribution in [0.5, 0.6) is 0 Å². The Morgan fingerprint density at radius 3 is 2.52 bits per heavy atom. The lowest BCUT2D eigenvalue weighted by Crippen LogP contribution is -2.42. The maximum Gasteiger partial charge on any atom is 0.220 e. The van der Waals surface area contributed by atoms with Crippen LogP contribution in [0, 0.1) is 11.8 Å². The van der Waals surface area contributed by atoms with E-state index in [9.17, 15) is 4.79 Å². The second-order valence-electron chi connectivity index (χ2n) is 7.29. The molecule has 2 rings (SSSR count). The van der Waals surface area contributed by atoms with Crippen LogP contribution < -0.4 is 16.0 Å². The van der Waals surface area contributed by atoms with Gasteiger partial charge < -0.3 is 25.4 Å². The highest BCUT2D eigenvalue weighted by atomic mass is 127. The number of guanidine groups is 1. The van der Waals surface area contributed by atoms with Crippen molar-refractivity contribution in [2.24, 2.45) is 16.8 Å². The summed E-state index contributed by atoms with van der Waals surface area (Å²) < 4.78 is 11.0. The Bertz CT molecular complexity index is 425. The van der Waals surface area contributed by atoms with Gasteiger partial charge in [0.05, 0.1) is 13.2 Å². The molecule has 7 nitrogen and oxygen atoms in total.